The Labute approximate surface area is 226 Å². The van der Waals surface area contributed by atoms with Crippen molar-refractivity contribution in [3.63, 3.8) is 0 Å². The molecule has 1 heterocycles. The van der Waals surface area contributed by atoms with Gasteiger partial charge in [0, 0.05) is 12.6 Å². The van der Waals surface area contributed by atoms with Crippen LogP contribution in [0.4, 0.5) is 0 Å². The van der Waals surface area contributed by atoms with E-state index in [1.54, 1.807) is 14.0 Å². The molecule has 1 saturated carbocycles. The van der Waals surface area contributed by atoms with Crippen molar-refractivity contribution >= 4 is 17.7 Å². The van der Waals surface area contributed by atoms with Crippen molar-refractivity contribution in [3.05, 3.63) is 71.8 Å². The standard InChI is InChI=1S/C31H42N4O3/c1-20(32-5)28(36)34-27(31(2,3)4)30(38)35-19-18-23-16-17-24(26(23)35)33-29(37)25(21-12-8-6-9-13-21)22-14-10-7-11-15-22/h6-15,20,23-27,32H,16-19H2,1-5H3,(H,33,37)(H,34,36)/t20-,23+,24?,26-,27?/m0/s1. The van der Waals surface area contributed by atoms with E-state index < -0.39 is 23.4 Å². The third-order valence-corrected chi connectivity index (χ3v) is 8.21. The number of nitrogens with zero attached hydrogens (tertiary/aromatic N) is 1. The molecule has 2 aromatic carbocycles. The molecule has 2 unspecified atom stereocenters. The van der Waals surface area contributed by atoms with Gasteiger partial charge in [0.1, 0.15) is 6.04 Å². The van der Waals surface area contributed by atoms with E-state index in [0.29, 0.717) is 12.5 Å². The molecule has 0 radical (unpaired) electrons. The second-order valence-corrected chi connectivity index (χ2v) is 11.8. The molecular formula is C31H42N4O3. The van der Waals surface area contributed by atoms with Gasteiger partial charge in [-0.3, -0.25) is 14.4 Å². The molecule has 1 saturated heterocycles. The summed E-state index contributed by atoms with van der Waals surface area (Å²) in [5, 5.41) is 9.30. The van der Waals surface area contributed by atoms with Crippen LogP contribution in [0.2, 0.25) is 0 Å². The molecule has 2 aliphatic rings. The topological polar surface area (TPSA) is 90.5 Å². The molecule has 1 aliphatic heterocycles. The highest BCUT2D eigenvalue weighted by atomic mass is 16.2. The van der Waals surface area contributed by atoms with Gasteiger partial charge in [-0.15, -0.1) is 0 Å². The van der Waals surface area contributed by atoms with Crippen LogP contribution in [0.1, 0.15) is 64.0 Å². The summed E-state index contributed by atoms with van der Waals surface area (Å²) in [6.07, 6.45) is 2.73. The molecule has 4 rings (SSSR count). The quantitative estimate of drug-likeness (QED) is 0.499. The van der Waals surface area contributed by atoms with E-state index in [2.05, 4.69) is 16.0 Å². The van der Waals surface area contributed by atoms with Crippen LogP contribution in [0.15, 0.2) is 60.7 Å². The molecule has 204 valence electrons. The third kappa shape index (κ3) is 5.93. The highest BCUT2D eigenvalue weighted by Crippen LogP contribution is 2.40. The van der Waals surface area contributed by atoms with Crippen LogP contribution in [-0.2, 0) is 14.4 Å². The Hall–Kier alpha value is -3.19. The molecule has 0 aromatic heterocycles. The first-order chi connectivity index (χ1) is 18.1. The lowest BCUT2D eigenvalue weighted by Crippen LogP contribution is -2.60. The lowest BCUT2D eigenvalue weighted by atomic mass is 9.85. The molecule has 7 nitrogen and oxygen atoms in total. The van der Waals surface area contributed by atoms with Gasteiger partial charge >= 0.3 is 0 Å². The molecule has 0 bridgehead atoms. The number of rotatable bonds is 8. The fourth-order valence-electron chi connectivity index (χ4n) is 5.98. The lowest BCUT2D eigenvalue weighted by Gasteiger charge is -2.38. The SMILES string of the molecule is CN[C@@H](C)C(=O)NC(C(=O)N1CC[C@H]2CCC(NC(=O)C(c3ccccc3)c3ccccc3)[C@H]21)C(C)(C)C. The number of likely N-dealkylation sites (N-methyl/N-ethyl adjacent to an activating group) is 1. The molecule has 7 heteroatoms. The van der Waals surface area contributed by atoms with Gasteiger partial charge in [0.2, 0.25) is 17.7 Å². The maximum atomic E-state index is 14.0. The van der Waals surface area contributed by atoms with E-state index in [0.717, 1.165) is 30.4 Å². The summed E-state index contributed by atoms with van der Waals surface area (Å²) in [5.41, 5.74) is 1.43. The average Bonchev–Trinajstić information content (AvgIpc) is 3.50. The predicted octanol–water partition coefficient (Wildman–Crippen LogP) is 3.45. The zero-order valence-corrected chi connectivity index (χ0v) is 23.2. The van der Waals surface area contributed by atoms with Crippen LogP contribution in [0.3, 0.4) is 0 Å². The zero-order chi connectivity index (χ0) is 27.4. The number of likely N-dealkylation sites (tertiary alicyclic amines) is 1. The fourth-order valence-corrected chi connectivity index (χ4v) is 5.98. The van der Waals surface area contributed by atoms with Crippen LogP contribution in [-0.4, -0.2) is 60.4 Å². The van der Waals surface area contributed by atoms with Gasteiger partial charge < -0.3 is 20.9 Å². The third-order valence-electron chi connectivity index (χ3n) is 8.21. The summed E-state index contributed by atoms with van der Waals surface area (Å²) in [7, 11) is 1.73. The van der Waals surface area contributed by atoms with Gasteiger partial charge in [0.15, 0.2) is 0 Å². The Balaban J connectivity index is 1.55. The van der Waals surface area contributed by atoms with E-state index in [1.807, 2.05) is 86.3 Å². The smallest absolute Gasteiger partial charge is 0.246 e. The average molecular weight is 519 g/mol. The Bertz CT molecular complexity index is 1080. The maximum absolute atomic E-state index is 14.0. The van der Waals surface area contributed by atoms with Crippen LogP contribution in [0, 0.1) is 11.3 Å². The Morgan fingerprint density at radius 3 is 1.97 bits per heavy atom. The number of amides is 3. The molecule has 3 N–H and O–H groups in total. The van der Waals surface area contributed by atoms with Crippen molar-refractivity contribution in [1.82, 2.24) is 20.9 Å². The Morgan fingerprint density at radius 2 is 1.45 bits per heavy atom. The summed E-state index contributed by atoms with van der Waals surface area (Å²) < 4.78 is 0. The summed E-state index contributed by atoms with van der Waals surface area (Å²) in [5.74, 6) is -0.377. The minimum atomic E-state index is -0.650. The van der Waals surface area contributed by atoms with Crippen LogP contribution in [0.25, 0.3) is 0 Å². The van der Waals surface area contributed by atoms with Crippen molar-refractivity contribution in [3.8, 4) is 0 Å². The molecule has 38 heavy (non-hydrogen) atoms. The first-order valence-electron chi connectivity index (χ1n) is 13.8. The van der Waals surface area contributed by atoms with Gasteiger partial charge in [-0.05, 0) is 55.7 Å². The van der Waals surface area contributed by atoms with E-state index in [-0.39, 0.29) is 29.8 Å². The minimum absolute atomic E-state index is 0.0455. The van der Waals surface area contributed by atoms with Crippen LogP contribution in [0.5, 0.6) is 0 Å². The number of carbonyl (C=O) groups is 3. The van der Waals surface area contributed by atoms with Gasteiger partial charge in [0.05, 0.1) is 18.0 Å². The highest BCUT2D eigenvalue weighted by molar-refractivity contribution is 5.91. The minimum Gasteiger partial charge on any atom is -0.350 e. The van der Waals surface area contributed by atoms with Crippen molar-refractivity contribution < 1.29 is 14.4 Å². The molecule has 5 atom stereocenters. The number of hydrogen-bond acceptors (Lipinski definition) is 4. The summed E-state index contributed by atoms with van der Waals surface area (Å²) in [6, 6.07) is 18.4. The fraction of sp³-hybridized carbons (Fsp3) is 0.516. The number of benzene rings is 2. The second-order valence-electron chi connectivity index (χ2n) is 11.8. The molecule has 3 amide bonds. The maximum Gasteiger partial charge on any atom is 0.246 e. The monoisotopic (exact) mass is 518 g/mol. The molecule has 0 spiro atoms. The first kappa shape index (κ1) is 27.8. The van der Waals surface area contributed by atoms with E-state index in [1.165, 1.54) is 0 Å². The largest absolute Gasteiger partial charge is 0.350 e. The van der Waals surface area contributed by atoms with E-state index in [9.17, 15) is 14.4 Å². The van der Waals surface area contributed by atoms with Gasteiger partial charge in [0.25, 0.3) is 0 Å². The normalized spacial score (nSPS) is 22.6. The van der Waals surface area contributed by atoms with Gasteiger partial charge in [-0.1, -0.05) is 81.4 Å². The zero-order valence-electron chi connectivity index (χ0n) is 23.2. The number of carbonyl (C=O) groups excluding carboxylic acids is 3. The van der Waals surface area contributed by atoms with Gasteiger partial charge in [-0.25, -0.2) is 0 Å². The summed E-state index contributed by atoms with van der Waals surface area (Å²) in [6.45, 7) is 8.36. The molecule has 2 aromatic rings. The first-order valence-corrected chi connectivity index (χ1v) is 13.8. The van der Waals surface area contributed by atoms with E-state index >= 15 is 0 Å². The number of fused-ring (bicyclic) bond motifs is 1. The van der Waals surface area contributed by atoms with Crippen molar-refractivity contribution in [2.75, 3.05) is 13.6 Å². The molecule has 2 fully saturated rings. The summed E-state index contributed by atoms with van der Waals surface area (Å²) >= 11 is 0. The highest BCUT2D eigenvalue weighted by Gasteiger charge is 2.49. The number of hydrogen-bond donors (Lipinski definition) is 3. The van der Waals surface area contributed by atoms with Gasteiger partial charge in [-0.2, -0.15) is 0 Å². The van der Waals surface area contributed by atoms with E-state index in [4.69, 9.17) is 0 Å². The van der Waals surface area contributed by atoms with Crippen LogP contribution < -0.4 is 16.0 Å². The van der Waals surface area contributed by atoms with Crippen molar-refractivity contribution in [2.45, 2.75) is 77.0 Å². The molecule has 1 aliphatic carbocycles. The Kier molecular flexibility index (Phi) is 8.56. The van der Waals surface area contributed by atoms with Crippen LogP contribution >= 0.6 is 0 Å². The summed E-state index contributed by atoms with van der Waals surface area (Å²) in [4.78, 5) is 42.5. The van der Waals surface area contributed by atoms with Crippen molar-refractivity contribution in [1.29, 1.82) is 0 Å². The number of nitrogens with one attached hydrogen (secondary N) is 3. The van der Waals surface area contributed by atoms with Crippen molar-refractivity contribution in [2.24, 2.45) is 11.3 Å². The lowest BCUT2D eigenvalue weighted by molar-refractivity contribution is -0.141. The second kappa shape index (κ2) is 11.7. The predicted molar refractivity (Wildman–Crippen MR) is 149 cm³/mol. The molecular weight excluding hydrogens is 476 g/mol. The Morgan fingerprint density at radius 1 is 0.868 bits per heavy atom.